The Morgan fingerprint density at radius 2 is 1.78 bits per heavy atom. The third-order valence-electron chi connectivity index (χ3n) is 5.31. The molecule has 1 aliphatic heterocycles. The van der Waals surface area contributed by atoms with Crippen LogP contribution in [0.4, 0.5) is 22.4 Å². The maximum atomic E-state index is 13.2. The second kappa shape index (κ2) is 10.7. The minimum atomic E-state index is -4.39. The maximum absolute atomic E-state index is 13.2. The number of ether oxygens (including phenoxy) is 1. The summed E-state index contributed by atoms with van der Waals surface area (Å²) in [6, 6.07) is 11.9. The lowest BCUT2D eigenvalue weighted by molar-refractivity contribution is -0.153. The second-order valence-electron chi connectivity index (χ2n) is 8.13. The summed E-state index contributed by atoms with van der Waals surface area (Å²) in [6.07, 6.45) is -3.39. The first-order valence-corrected chi connectivity index (χ1v) is 10.4. The van der Waals surface area contributed by atoms with Gasteiger partial charge < -0.3 is 19.9 Å². The lowest BCUT2D eigenvalue weighted by atomic mass is 10.1. The molecule has 2 aromatic rings. The lowest BCUT2D eigenvalue weighted by Crippen LogP contribution is -2.42. The minimum Gasteiger partial charge on any atom is -0.484 e. The van der Waals surface area contributed by atoms with Gasteiger partial charge in [0.2, 0.25) is 0 Å². The van der Waals surface area contributed by atoms with Crippen molar-refractivity contribution in [1.82, 2.24) is 15.1 Å². The van der Waals surface area contributed by atoms with Crippen molar-refractivity contribution in [2.45, 2.75) is 25.7 Å². The molecule has 0 bridgehead atoms. The van der Waals surface area contributed by atoms with Crippen LogP contribution in [0.3, 0.4) is 0 Å². The number of likely N-dealkylation sites (tertiary alicyclic amines) is 1. The summed E-state index contributed by atoms with van der Waals surface area (Å²) in [5.41, 5.74) is 1.57. The van der Waals surface area contributed by atoms with E-state index in [0.717, 1.165) is 30.6 Å². The number of amides is 2. The Morgan fingerprint density at radius 3 is 2.38 bits per heavy atom. The van der Waals surface area contributed by atoms with Gasteiger partial charge in [0.15, 0.2) is 6.61 Å². The molecule has 0 aromatic heterocycles. The van der Waals surface area contributed by atoms with Crippen molar-refractivity contribution in [2.75, 3.05) is 33.3 Å². The Morgan fingerprint density at radius 1 is 1.12 bits per heavy atom. The quantitative estimate of drug-likeness (QED) is 0.602. The molecule has 2 amide bonds. The van der Waals surface area contributed by atoms with E-state index < -0.39 is 12.8 Å². The molecule has 1 fully saturated rings. The monoisotopic (exact) mass is 453 g/mol. The van der Waals surface area contributed by atoms with Crippen molar-refractivity contribution in [2.24, 2.45) is 5.92 Å². The molecule has 1 aliphatic rings. The molecule has 0 aliphatic carbocycles. The highest BCUT2D eigenvalue weighted by Gasteiger charge is 2.28. The van der Waals surface area contributed by atoms with E-state index in [1.807, 2.05) is 7.05 Å². The molecule has 9 heteroatoms. The number of nitrogens with one attached hydrogen (secondary N) is 1. The first kappa shape index (κ1) is 23.8. The average molecular weight is 453 g/mol. The van der Waals surface area contributed by atoms with Crippen LogP contribution in [0.15, 0.2) is 48.5 Å². The van der Waals surface area contributed by atoms with E-state index in [9.17, 15) is 22.4 Å². The van der Waals surface area contributed by atoms with E-state index in [1.54, 1.807) is 29.2 Å². The van der Waals surface area contributed by atoms with E-state index in [4.69, 9.17) is 4.74 Å². The number of nitrogens with zero attached hydrogens (tertiary/aromatic N) is 2. The summed E-state index contributed by atoms with van der Waals surface area (Å²) in [5, 5.41) is 2.87. The minimum absolute atomic E-state index is 0.112. The first-order chi connectivity index (χ1) is 15.2. The van der Waals surface area contributed by atoms with Gasteiger partial charge in [-0.1, -0.05) is 24.3 Å². The zero-order valence-electron chi connectivity index (χ0n) is 17.9. The van der Waals surface area contributed by atoms with E-state index >= 15 is 0 Å². The fourth-order valence-electron chi connectivity index (χ4n) is 3.67. The molecule has 1 heterocycles. The second-order valence-corrected chi connectivity index (χ2v) is 8.13. The Bertz CT molecular complexity index is 872. The molecule has 0 radical (unpaired) electrons. The molecule has 2 aromatic carbocycles. The van der Waals surface area contributed by atoms with Crippen molar-refractivity contribution in [3.8, 4) is 5.75 Å². The van der Waals surface area contributed by atoms with Gasteiger partial charge in [-0.05, 0) is 61.3 Å². The highest BCUT2D eigenvalue weighted by molar-refractivity contribution is 5.74. The maximum Gasteiger partial charge on any atom is 0.422 e. The molecule has 5 nitrogen and oxygen atoms in total. The fourth-order valence-corrected chi connectivity index (χ4v) is 3.67. The summed E-state index contributed by atoms with van der Waals surface area (Å²) >= 11 is 0. The molecule has 1 atom stereocenters. The number of rotatable bonds is 8. The number of benzene rings is 2. The predicted octanol–water partition coefficient (Wildman–Crippen LogP) is 4.43. The van der Waals surface area contributed by atoms with Crippen LogP contribution in [0.25, 0.3) is 0 Å². The van der Waals surface area contributed by atoms with Gasteiger partial charge in [0.05, 0.1) is 0 Å². The number of hydrogen-bond donors (Lipinski definition) is 1. The van der Waals surface area contributed by atoms with Crippen LogP contribution in [0.2, 0.25) is 0 Å². The van der Waals surface area contributed by atoms with Crippen molar-refractivity contribution in [3.63, 3.8) is 0 Å². The van der Waals surface area contributed by atoms with Crippen molar-refractivity contribution < 1.29 is 27.1 Å². The molecule has 32 heavy (non-hydrogen) atoms. The van der Waals surface area contributed by atoms with Crippen molar-refractivity contribution in [3.05, 3.63) is 65.5 Å². The fraction of sp³-hybridized carbons (Fsp3) is 0.435. The normalized spacial score (nSPS) is 16.7. The number of urea groups is 1. The third-order valence-corrected chi connectivity index (χ3v) is 5.31. The van der Waals surface area contributed by atoms with Crippen LogP contribution in [0.5, 0.6) is 5.75 Å². The van der Waals surface area contributed by atoms with Crippen molar-refractivity contribution in [1.29, 1.82) is 0 Å². The lowest BCUT2D eigenvalue weighted by Gasteiger charge is -2.26. The zero-order chi connectivity index (χ0) is 23.1. The van der Waals surface area contributed by atoms with Gasteiger partial charge in [-0.15, -0.1) is 0 Å². The van der Waals surface area contributed by atoms with E-state index in [1.165, 1.54) is 24.3 Å². The summed E-state index contributed by atoms with van der Waals surface area (Å²) in [6.45, 7) is 1.71. The third kappa shape index (κ3) is 7.71. The SMILES string of the molecule is CN1CCC(CN(Cc2ccc(F)cc2)C(=O)NCc2ccc(OCC(F)(F)F)cc2)C1. The largest absolute Gasteiger partial charge is 0.484 e. The van der Waals surface area contributed by atoms with Gasteiger partial charge in [-0.25, -0.2) is 9.18 Å². The molecule has 0 saturated carbocycles. The Balaban J connectivity index is 1.58. The molecule has 174 valence electrons. The Labute approximate surface area is 185 Å². The van der Waals surface area contributed by atoms with Crippen LogP contribution in [0.1, 0.15) is 17.5 Å². The average Bonchev–Trinajstić information content (AvgIpc) is 3.16. The van der Waals surface area contributed by atoms with Crippen LogP contribution in [-0.4, -0.2) is 55.3 Å². The first-order valence-electron chi connectivity index (χ1n) is 10.4. The zero-order valence-corrected chi connectivity index (χ0v) is 17.9. The molecular weight excluding hydrogens is 426 g/mol. The Kier molecular flexibility index (Phi) is 7.95. The number of alkyl halides is 3. The summed E-state index contributed by atoms with van der Waals surface area (Å²) in [7, 11) is 2.05. The molecule has 1 unspecified atom stereocenters. The topological polar surface area (TPSA) is 44.8 Å². The van der Waals surface area contributed by atoms with E-state index in [-0.39, 0.29) is 24.1 Å². The van der Waals surface area contributed by atoms with Crippen LogP contribution in [0, 0.1) is 11.7 Å². The highest BCUT2D eigenvalue weighted by atomic mass is 19.4. The smallest absolute Gasteiger partial charge is 0.422 e. The molecule has 1 saturated heterocycles. The van der Waals surface area contributed by atoms with Gasteiger partial charge in [0.25, 0.3) is 0 Å². The highest BCUT2D eigenvalue weighted by Crippen LogP contribution is 2.20. The van der Waals surface area contributed by atoms with E-state index in [0.29, 0.717) is 19.0 Å². The molecule has 1 N–H and O–H groups in total. The van der Waals surface area contributed by atoms with Crippen molar-refractivity contribution >= 4 is 6.03 Å². The van der Waals surface area contributed by atoms with Gasteiger partial charge in [-0.2, -0.15) is 13.2 Å². The summed E-state index contributed by atoms with van der Waals surface area (Å²) in [4.78, 5) is 16.9. The number of hydrogen-bond acceptors (Lipinski definition) is 3. The van der Waals surface area contributed by atoms with Gasteiger partial charge in [-0.3, -0.25) is 0 Å². The number of carbonyl (C=O) groups is 1. The predicted molar refractivity (Wildman–Crippen MR) is 113 cm³/mol. The van der Waals surface area contributed by atoms with Crippen LogP contribution >= 0.6 is 0 Å². The van der Waals surface area contributed by atoms with Crippen LogP contribution < -0.4 is 10.1 Å². The number of halogens is 4. The molecular formula is C23H27F4N3O2. The van der Waals surface area contributed by atoms with Gasteiger partial charge in [0.1, 0.15) is 11.6 Å². The number of carbonyl (C=O) groups excluding carboxylic acids is 1. The Hall–Kier alpha value is -2.81. The molecule has 3 rings (SSSR count). The summed E-state index contributed by atoms with van der Waals surface area (Å²) in [5.74, 6) is 0.141. The van der Waals surface area contributed by atoms with Crippen LogP contribution in [-0.2, 0) is 13.1 Å². The van der Waals surface area contributed by atoms with Gasteiger partial charge in [0, 0.05) is 26.2 Å². The standard InChI is InChI=1S/C23H27F4N3O2/c1-29-11-10-19(13-29)15-30(14-18-2-6-20(24)7-3-18)22(31)28-12-17-4-8-21(9-5-17)32-16-23(25,26)27/h2-9,19H,10-16H2,1H3,(H,28,31). The van der Waals surface area contributed by atoms with E-state index in [2.05, 4.69) is 10.2 Å². The van der Waals surface area contributed by atoms with Gasteiger partial charge >= 0.3 is 12.2 Å². The summed E-state index contributed by atoms with van der Waals surface area (Å²) < 4.78 is 54.7. The molecule has 0 spiro atoms.